The number of hydrogen-bond acceptors (Lipinski definition) is 7. The SMILES string of the molecule is Cc1cc(/C=C/C#N)cc(C)c1Nc1nc(Nc2ccc(C#N)cc2)ncc1-c1ccco1. The molecular formula is C26H20N6O. The maximum Gasteiger partial charge on any atom is 0.229 e. The highest BCUT2D eigenvalue weighted by Gasteiger charge is 2.15. The molecule has 2 aromatic heterocycles. The molecule has 33 heavy (non-hydrogen) atoms. The lowest BCUT2D eigenvalue weighted by atomic mass is 10.0. The topological polar surface area (TPSA) is 111 Å². The molecule has 0 atom stereocenters. The van der Waals surface area contributed by atoms with Gasteiger partial charge in [0.1, 0.15) is 11.6 Å². The maximum atomic E-state index is 8.99. The molecular weight excluding hydrogens is 412 g/mol. The molecule has 0 radical (unpaired) electrons. The number of furan rings is 1. The van der Waals surface area contributed by atoms with E-state index in [0.29, 0.717) is 23.1 Å². The van der Waals surface area contributed by atoms with Gasteiger partial charge in [-0.3, -0.25) is 0 Å². The van der Waals surface area contributed by atoms with E-state index in [4.69, 9.17) is 19.9 Å². The fourth-order valence-electron chi connectivity index (χ4n) is 3.45. The number of nitrogens with zero attached hydrogens (tertiary/aromatic N) is 4. The molecule has 0 spiro atoms. The van der Waals surface area contributed by atoms with Crippen LogP contribution in [0.1, 0.15) is 22.3 Å². The van der Waals surface area contributed by atoms with Gasteiger partial charge < -0.3 is 15.1 Å². The molecule has 0 unspecified atom stereocenters. The molecule has 0 fully saturated rings. The number of aryl methyl sites for hydroxylation is 2. The molecule has 2 aromatic carbocycles. The molecule has 7 nitrogen and oxygen atoms in total. The van der Waals surface area contributed by atoms with E-state index in [9.17, 15) is 0 Å². The maximum absolute atomic E-state index is 8.99. The molecule has 0 bridgehead atoms. The molecule has 160 valence electrons. The zero-order valence-corrected chi connectivity index (χ0v) is 18.1. The highest BCUT2D eigenvalue weighted by Crippen LogP contribution is 2.33. The van der Waals surface area contributed by atoms with Gasteiger partial charge in [-0.15, -0.1) is 0 Å². The van der Waals surface area contributed by atoms with E-state index < -0.39 is 0 Å². The number of nitriles is 2. The molecule has 0 aliphatic rings. The Bertz CT molecular complexity index is 1370. The highest BCUT2D eigenvalue weighted by atomic mass is 16.3. The van der Waals surface area contributed by atoms with Crippen molar-refractivity contribution in [2.45, 2.75) is 13.8 Å². The fourth-order valence-corrected chi connectivity index (χ4v) is 3.45. The van der Waals surface area contributed by atoms with Crippen molar-refractivity contribution in [2.75, 3.05) is 10.6 Å². The molecule has 2 heterocycles. The van der Waals surface area contributed by atoms with E-state index in [0.717, 1.165) is 33.6 Å². The number of benzene rings is 2. The monoisotopic (exact) mass is 432 g/mol. The Kier molecular flexibility index (Phi) is 6.15. The number of allylic oxidation sites excluding steroid dienone is 1. The van der Waals surface area contributed by atoms with Crippen LogP contribution in [-0.4, -0.2) is 9.97 Å². The number of hydrogen-bond donors (Lipinski definition) is 2. The third-order valence-electron chi connectivity index (χ3n) is 4.99. The first-order valence-corrected chi connectivity index (χ1v) is 10.2. The summed E-state index contributed by atoms with van der Waals surface area (Å²) in [6.45, 7) is 4.01. The van der Waals surface area contributed by atoms with Crippen molar-refractivity contribution in [1.82, 2.24) is 9.97 Å². The Morgan fingerprint density at radius 1 is 1.00 bits per heavy atom. The smallest absolute Gasteiger partial charge is 0.229 e. The number of rotatable bonds is 6. The van der Waals surface area contributed by atoms with E-state index in [1.54, 1.807) is 42.8 Å². The van der Waals surface area contributed by atoms with Crippen molar-refractivity contribution < 1.29 is 4.42 Å². The minimum Gasteiger partial charge on any atom is -0.464 e. The van der Waals surface area contributed by atoms with Crippen LogP contribution >= 0.6 is 0 Å². The Morgan fingerprint density at radius 2 is 1.76 bits per heavy atom. The average molecular weight is 432 g/mol. The number of nitrogens with one attached hydrogen (secondary N) is 2. The largest absolute Gasteiger partial charge is 0.464 e. The standard InChI is InChI=1S/C26H20N6O/c1-17-13-20(5-3-11-27)14-18(2)24(17)31-25-22(23-6-4-12-33-23)16-29-26(32-25)30-21-9-7-19(15-28)8-10-21/h3-10,12-14,16H,1-2H3,(H2,29,30,31,32)/b5-3+. The van der Waals surface area contributed by atoms with Crippen LogP contribution in [0, 0.1) is 36.5 Å². The van der Waals surface area contributed by atoms with Gasteiger partial charge in [-0.25, -0.2) is 4.98 Å². The van der Waals surface area contributed by atoms with Crippen molar-refractivity contribution in [3.8, 4) is 23.5 Å². The lowest BCUT2D eigenvalue weighted by Crippen LogP contribution is -2.04. The van der Waals surface area contributed by atoms with Gasteiger partial charge in [0.2, 0.25) is 5.95 Å². The van der Waals surface area contributed by atoms with Gasteiger partial charge in [-0.1, -0.05) is 0 Å². The second kappa shape index (κ2) is 9.51. The molecule has 0 aliphatic heterocycles. The van der Waals surface area contributed by atoms with Gasteiger partial charge in [-0.05, 0) is 85.1 Å². The second-order valence-corrected chi connectivity index (χ2v) is 7.36. The van der Waals surface area contributed by atoms with E-state index in [-0.39, 0.29) is 0 Å². The summed E-state index contributed by atoms with van der Waals surface area (Å²) < 4.78 is 5.59. The van der Waals surface area contributed by atoms with Gasteiger partial charge in [0.25, 0.3) is 0 Å². The fraction of sp³-hybridized carbons (Fsp3) is 0.0769. The molecule has 4 aromatic rings. The van der Waals surface area contributed by atoms with Crippen molar-refractivity contribution in [1.29, 1.82) is 10.5 Å². The summed E-state index contributed by atoms with van der Waals surface area (Å²) in [5, 5.41) is 24.4. The summed E-state index contributed by atoms with van der Waals surface area (Å²) >= 11 is 0. The quantitative estimate of drug-likeness (QED) is 0.346. The highest BCUT2D eigenvalue weighted by molar-refractivity contribution is 5.78. The summed E-state index contributed by atoms with van der Waals surface area (Å²) in [6.07, 6.45) is 6.55. The predicted octanol–water partition coefficient (Wildman–Crippen LogP) is 6.25. The van der Waals surface area contributed by atoms with Crippen molar-refractivity contribution >= 4 is 29.2 Å². The van der Waals surface area contributed by atoms with Gasteiger partial charge in [-0.2, -0.15) is 15.5 Å². The molecule has 4 rings (SSSR count). The molecule has 0 amide bonds. The lowest BCUT2D eigenvalue weighted by Gasteiger charge is -2.16. The van der Waals surface area contributed by atoms with Crippen LogP contribution in [0.3, 0.4) is 0 Å². The van der Waals surface area contributed by atoms with Crippen molar-refractivity contribution in [3.05, 3.63) is 89.3 Å². The van der Waals surface area contributed by atoms with Gasteiger partial charge in [0.15, 0.2) is 0 Å². The summed E-state index contributed by atoms with van der Waals surface area (Å²) in [4.78, 5) is 9.14. The van der Waals surface area contributed by atoms with E-state index in [1.165, 1.54) is 6.08 Å². The molecule has 0 aliphatic carbocycles. The lowest BCUT2D eigenvalue weighted by molar-refractivity contribution is 0.582. The third kappa shape index (κ3) is 4.90. The van der Waals surface area contributed by atoms with Gasteiger partial charge in [0, 0.05) is 23.6 Å². The second-order valence-electron chi connectivity index (χ2n) is 7.36. The minimum absolute atomic E-state index is 0.404. The van der Waals surface area contributed by atoms with Crippen molar-refractivity contribution in [2.24, 2.45) is 0 Å². The zero-order valence-electron chi connectivity index (χ0n) is 18.1. The Morgan fingerprint density at radius 3 is 2.39 bits per heavy atom. The Hall–Kier alpha value is -4.88. The average Bonchev–Trinajstić information content (AvgIpc) is 3.35. The van der Waals surface area contributed by atoms with Crippen LogP contribution in [0.25, 0.3) is 17.4 Å². The van der Waals surface area contributed by atoms with Crippen LogP contribution < -0.4 is 10.6 Å². The summed E-state index contributed by atoms with van der Waals surface area (Å²) in [5.41, 5.74) is 5.96. The Balaban J connectivity index is 1.71. The summed E-state index contributed by atoms with van der Waals surface area (Å²) in [5.74, 6) is 1.63. The first kappa shape index (κ1) is 21.4. The summed E-state index contributed by atoms with van der Waals surface area (Å²) in [7, 11) is 0. The zero-order chi connectivity index (χ0) is 23.2. The van der Waals surface area contributed by atoms with E-state index in [2.05, 4.69) is 21.7 Å². The molecule has 0 saturated heterocycles. The van der Waals surface area contributed by atoms with Crippen LogP contribution in [0.5, 0.6) is 0 Å². The van der Waals surface area contributed by atoms with Gasteiger partial charge in [0.05, 0.1) is 29.5 Å². The number of aromatic nitrogens is 2. The van der Waals surface area contributed by atoms with Gasteiger partial charge >= 0.3 is 0 Å². The molecule has 2 N–H and O–H groups in total. The third-order valence-corrected chi connectivity index (χ3v) is 4.99. The van der Waals surface area contributed by atoms with E-state index >= 15 is 0 Å². The summed E-state index contributed by atoms with van der Waals surface area (Å²) in [6, 6.07) is 18.9. The van der Waals surface area contributed by atoms with Crippen LogP contribution in [0.15, 0.2) is 71.5 Å². The van der Waals surface area contributed by atoms with Crippen LogP contribution in [0.4, 0.5) is 23.1 Å². The normalized spacial score (nSPS) is 10.5. The molecule has 0 saturated carbocycles. The predicted molar refractivity (Wildman–Crippen MR) is 128 cm³/mol. The number of anilines is 4. The van der Waals surface area contributed by atoms with Crippen LogP contribution in [0.2, 0.25) is 0 Å². The molecule has 7 heteroatoms. The van der Waals surface area contributed by atoms with Crippen LogP contribution in [-0.2, 0) is 0 Å². The van der Waals surface area contributed by atoms with Crippen molar-refractivity contribution in [3.63, 3.8) is 0 Å². The Labute approximate surface area is 191 Å². The first-order valence-electron chi connectivity index (χ1n) is 10.2. The van der Waals surface area contributed by atoms with E-state index in [1.807, 2.05) is 44.2 Å². The minimum atomic E-state index is 0.404. The first-order chi connectivity index (χ1) is 16.1.